The van der Waals surface area contributed by atoms with Crippen LogP contribution in [0.2, 0.25) is 0 Å². The monoisotopic (exact) mass is 364 g/mol. The van der Waals surface area contributed by atoms with Gasteiger partial charge < -0.3 is 4.18 Å². The number of hydrogen-bond acceptors (Lipinski definition) is 5. The molecule has 0 amide bonds. The van der Waals surface area contributed by atoms with Gasteiger partial charge in [0.15, 0.2) is 11.5 Å². The number of halogens is 2. The minimum atomic E-state index is -5.36. The molecule has 25 heavy (non-hydrogen) atoms. The van der Waals surface area contributed by atoms with Crippen LogP contribution in [-0.2, 0) is 10.5 Å². The van der Waals surface area contributed by atoms with Gasteiger partial charge in [0.2, 0.25) is 0 Å². The van der Waals surface area contributed by atoms with E-state index in [4.69, 9.17) is 0 Å². The normalized spacial score (nSPS) is 11.3. The quantitative estimate of drug-likeness (QED) is 0.514. The average Bonchev–Trinajstić information content (AvgIpc) is 3.05. The number of para-hydroxylation sites is 1. The van der Waals surface area contributed by atoms with Crippen LogP contribution in [0.1, 0.15) is 15.9 Å². The van der Waals surface area contributed by atoms with Crippen LogP contribution in [0.5, 0.6) is 5.75 Å². The molecule has 9 heteroatoms. The average molecular weight is 364 g/mol. The molecule has 0 N–H and O–H groups in total. The van der Waals surface area contributed by atoms with Crippen LogP contribution in [0.3, 0.4) is 0 Å². The highest BCUT2D eigenvalue weighted by molar-refractivity contribution is 7.81. The number of aromatic nitrogens is 2. The molecular weight excluding hydrogens is 354 g/mol. The van der Waals surface area contributed by atoms with Gasteiger partial charge in [0.25, 0.3) is 0 Å². The Labute approximate surface area is 141 Å². The molecule has 1 heterocycles. The molecule has 2 aromatic carbocycles. The zero-order valence-corrected chi connectivity index (χ0v) is 13.3. The van der Waals surface area contributed by atoms with Gasteiger partial charge in [-0.1, -0.05) is 22.1 Å². The summed E-state index contributed by atoms with van der Waals surface area (Å²) in [5.41, 5.74) is 0.299. The molecule has 0 atom stereocenters. The minimum absolute atomic E-state index is 0.0514. The van der Waals surface area contributed by atoms with Crippen molar-refractivity contribution in [3.63, 3.8) is 0 Å². The third-order valence-electron chi connectivity index (χ3n) is 3.24. The highest BCUT2D eigenvalue weighted by atomic mass is 32.3. The molecule has 0 aliphatic rings. The number of hydrogen-bond donors (Lipinski definition) is 0. The van der Waals surface area contributed by atoms with E-state index in [9.17, 15) is 21.5 Å². The lowest BCUT2D eigenvalue weighted by molar-refractivity contribution is 0.103. The maximum absolute atomic E-state index is 13.5. The van der Waals surface area contributed by atoms with E-state index < -0.39 is 33.4 Å². The Morgan fingerprint density at radius 3 is 2.52 bits per heavy atom. The van der Waals surface area contributed by atoms with Crippen molar-refractivity contribution in [2.45, 2.75) is 0 Å². The van der Waals surface area contributed by atoms with E-state index in [0.29, 0.717) is 5.69 Å². The fourth-order valence-corrected chi connectivity index (χ4v) is 2.54. The van der Waals surface area contributed by atoms with Gasteiger partial charge in [0, 0.05) is 6.20 Å². The molecule has 0 spiro atoms. The van der Waals surface area contributed by atoms with Crippen molar-refractivity contribution in [3.8, 4) is 11.4 Å². The van der Waals surface area contributed by atoms with Crippen LogP contribution in [-0.4, -0.2) is 24.0 Å². The standard InChI is InChI=1S/C16H10F2N2O4S/c17-12-6-7-15(24-25(18,22)23)14(8-12)16(21)11-9-19-20(10-11)13-4-2-1-3-5-13/h1-10H. The molecular formula is C16H10F2N2O4S. The fraction of sp³-hybridized carbons (Fsp3) is 0. The van der Waals surface area contributed by atoms with Crippen molar-refractivity contribution >= 4 is 16.3 Å². The number of ketones is 1. The zero-order valence-electron chi connectivity index (χ0n) is 12.5. The van der Waals surface area contributed by atoms with Crippen LogP contribution in [0.15, 0.2) is 60.9 Å². The van der Waals surface area contributed by atoms with Crippen molar-refractivity contribution in [3.05, 3.63) is 77.9 Å². The summed E-state index contributed by atoms with van der Waals surface area (Å²) in [5.74, 6) is -2.18. The fourth-order valence-electron chi connectivity index (χ4n) is 2.18. The Kier molecular flexibility index (Phi) is 4.32. The Hall–Kier alpha value is -3.07. The number of nitrogens with zero attached hydrogens (tertiary/aromatic N) is 2. The van der Waals surface area contributed by atoms with E-state index >= 15 is 0 Å². The van der Waals surface area contributed by atoms with Crippen molar-refractivity contribution in [2.24, 2.45) is 0 Å². The number of carbonyl (C=O) groups is 1. The molecule has 0 radical (unpaired) electrons. The summed E-state index contributed by atoms with van der Waals surface area (Å²) in [6.45, 7) is 0. The largest absolute Gasteiger partial charge is 0.488 e. The van der Waals surface area contributed by atoms with Gasteiger partial charge >= 0.3 is 10.5 Å². The number of rotatable bonds is 5. The van der Waals surface area contributed by atoms with Crippen LogP contribution in [0.4, 0.5) is 8.28 Å². The molecule has 0 aliphatic carbocycles. The van der Waals surface area contributed by atoms with Gasteiger partial charge in [-0.3, -0.25) is 4.79 Å². The highest BCUT2D eigenvalue weighted by Crippen LogP contribution is 2.25. The Morgan fingerprint density at radius 1 is 1.12 bits per heavy atom. The summed E-state index contributed by atoms with van der Waals surface area (Å²) >= 11 is 0. The second-order valence-corrected chi connectivity index (χ2v) is 5.91. The molecule has 3 aromatic rings. The van der Waals surface area contributed by atoms with Gasteiger partial charge in [0.05, 0.1) is 23.0 Å². The van der Waals surface area contributed by atoms with Crippen molar-refractivity contribution < 1.29 is 25.7 Å². The lowest BCUT2D eigenvalue weighted by Crippen LogP contribution is -2.08. The Morgan fingerprint density at radius 2 is 1.84 bits per heavy atom. The SMILES string of the molecule is O=C(c1cnn(-c2ccccc2)c1)c1cc(F)ccc1OS(=O)(=O)F. The first kappa shape index (κ1) is 16.8. The number of carbonyl (C=O) groups excluding carboxylic acids is 1. The maximum Gasteiger partial charge on any atom is 0.488 e. The predicted octanol–water partition coefficient (Wildman–Crippen LogP) is 2.84. The summed E-state index contributed by atoms with van der Waals surface area (Å²) < 4.78 is 53.1. The first-order valence-corrected chi connectivity index (χ1v) is 8.23. The molecule has 0 bridgehead atoms. The molecule has 128 valence electrons. The summed E-state index contributed by atoms with van der Waals surface area (Å²) in [7, 11) is -5.36. The van der Waals surface area contributed by atoms with E-state index in [1.807, 2.05) is 6.07 Å². The molecule has 0 saturated heterocycles. The summed E-state index contributed by atoms with van der Waals surface area (Å²) in [6, 6.07) is 11.4. The predicted molar refractivity (Wildman–Crippen MR) is 84.1 cm³/mol. The van der Waals surface area contributed by atoms with E-state index in [0.717, 1.165) is 18.2 Å². The molecule has 0 saturated carbocycles. The van der Waals surface area contributed by atoms with E-state index in [1.165, 1.54) is 17.1 Å². The second-order valence-electron chi connectivity index (χ2n) is 4.96. The number of benzene rings is 2. The van der Waals surface area contributed by atoms with Crippen LogP contribution >= 0.6 is 0 Å². The van der Waals surface area contributed by atoms with Crippen LogP contribution in [0, 0.1) is 5.82 Å². The molecule has 0 aliphatic heterocycles. The smallest absolute Gasteiger partial charge is 0.358 e. The van der Waals surface area contributed by atoms with Crippen molar-refractivity contribution in [2.75, 3.05) is 0 Å². The molecule has 1 aromatic heterocycles. The van der Waals surface area contributed by atoms with Gasteiger partial charge in [-0.2, -0.15) is 13.5 Å². The van der Waals surface area contributed by atoms with Gasteiger partial charge in [-0.05, 0) is 30.3 Å². The van der Waals surface area contributed by atoms with Gasteiger partial charge in [-0.15, -0.1) is 0 Å². The Balaban J connectivity index is 1.99. The summed E-state index contributed by atoms with van der Waals surface area (Å²) in [6.07, 6.45) is 2.62. The molecule has 3 rings (SSSR count). The minimum Gasteiger partial charge on any atom is -0.358 e. The molecule has 6 nitrogen and oxygen atoms in total. The highest BCUT2D eigenvalue weighted by Gasteiger charge is 2.21. The van der Waals surface area contributed by atoms with E-state index in [2.05, 4.69) is 9.28 Å². The zero-order chi connectivity index (χ0) is 18.0. The topological polar surface area (TPSA) is 78.3 Å². The van der Waals surface area contributed by atoms with E-state index in [1.54, 1.807) is 24.3 Å². The Bertz CT molecular complexity index is 1030. The van der Waals surface area contributed by atoms with Gasteiger partial charge in [0.1, 0.15) is 5.82 Å². The lowest BCUT2D eigenvalue weighted by Gasteiger charge is -2.06. The van der Waals surface area contributed by atoms with Crippen molar-refractivity contribution in [1.82, 2.24) is 9.78 Å². The van der Waals surface area contributed by atoms with Crippen molar-refractivity contribution in [1.29, 1.82) is 0 Å². The summed E-state index contributed by atoms with van der Waals surface area (Å²) in [4.78, 5) is 12.5. The lowest BCUT2D eigenvalue weighted by atomic mass is 10.1. The first-order valence-electron chi connectivity index (χ1n) is 6.92. The third kappa shape index (κ3) is 3.89. The first-order chi connectivity index (χ1) is 11.8. The third-order valence-corrected chi connectivity index (χ3v) is 3.62. The van der Waals surface area contributed by atoms with Crippen LogP contribution < -0.4 is 4.18 Å². The summed E-state index contributed by atoms with van der Waals surface area (Å²) in [5, 5.41) is 4.03. The van der Waals surface area contributed by atoms with Crippen LogP contribution in [0.25, 0.3) is 5.69 Å². The molecule has 0 fully saturated rings. The molecule has 0 unspecified atom stereocenters. The second kappa shape index (κ2) is 6.44. The maximum atomic E-state index is 13.5. The van der Waals surface area contributed by atoms with Gasteiger partial charge in [-0.25, -0.2) is 9.07 Å². The van der Waals surface area contributed by atoms with E-state index in [-0.39, 0.29) is 5.56 Å².